The number of amides is 1. The van der Waals surface area contributed by atoms with Gasteiger partial charge in [0.15, 0.2) is 0 Å². The van der Waals surface area contributed by atoms with Crippen molar-refractivity contribution in [3.8, 4) is 0 Å². The molecule has 3 heteroatoms. The Kier molecular flexibility index (Phi) is 4.27. The number of rotatable bonds is 2. The van der Waals surface area contributed by atoms with Crippen molar-refractivity contribution in [2.45, 2.75) is 57.9 Å². The number of hydrogen-bond donors (Lipinski definition) is 0. The fourth-order valence-corrected chi connectivity index (χ4v) is 4.00. The average Bonchev–Trinajstić information content (AvgIpc) is 2.99. The van der Waals surface area contributed by atoms with E-state index in [0.29, 0.717) is 23.1 Å². The van der Waals surface area contributed by atoms with Crippen LogP contribution in [0.2, 0.25) is 0 Å². The fraction of sp³-hybridized carbons (Fsp3) is 0.611. The number of carbonyl (C=O) groups is 1. The number of carbonyl (C=O) groups excluding carboxylic acids is 1. The molecule has 1 amide bonds. The number of halogens is 1. The zero-order chi connectivity index (χ0) is 14.8. The quantitative estimate of drug-likeness (QED) is 0.794. The van der Waals surface area contributed by atoms with Crippen molar-refractivity contribution in [1.82, 2.24) is 4.90 Å². The van der Waals surface area contributed by atoms with E-state index in [0.717, 1.165) is 19.4 Å². The Balaban J connectivity index is 1.77. The summed E-state index contributed by atoms with van der Waals surface area (Å²) in [5, 5.41) is 0. The summed E-state index contributed by atoms with van der Waals surface area (Å²) >= 11 is 0. The first-order chi connectivity index (χ1) is 10.2. The molecule has 1 saturated heterocycles. The molecule has 1 unspecified atom stereocenters. The lowest BCUT2D eigenvalue weighted by atomic mass is 9.83. The van der Waals surface area contributed by atoms with Crippen molar-refractivity contribution in [3.63, 3.8) is 0 Å². The SMILES string of the molecule is Cc1cc(C(=O)N2CCCC2C2CCCCC2)ccc1F. The highest BCUT2D eigenvalue weighted by Gasteiger charge is 2.35. The molecule has 21 heavy (non-hydrogen) atoms. The summed E-state index contributed by atoms with van der Waals surface area (Å²) in [5.74, 6) is 0.523. The van der Waals surface area contributed by atoms with Gasteiger partial charge in [-0.15, -0.1) is 0 Å². The second-order valence-corrected chi connectivity index (χ2v) is 6.57. The van der Waals surface area contributed by atoms with Gasteiger partial charge in [0, 0.05) is 18.2 Å². The first-order valence-corrected chi connectivity index (χ1v) is 8.24. The summed E-state index contributed by atoms with van der Waals surface area (Å²) in [7, 11) is 0. The zero-order valence-corrected chi connectivity index (χ0v) is 12.8. The molecule has 1 saturated carbocycles. The third kappa shape index (κ3) is 2.97. The average molecular weight is 289 g/mol. The zero-order valence-electron chi connectivity index (χ0n) is 12.8. The van der Waals surface area contributed by atoms with Gasteiger partial charge in [-0.3, -0.25) is 4.79 Å². The number of benzene rings is 1. The van der Waals surface area contributed by atoms with Crippen LogP contribution < -0.4 is 0 Å². The van der Waals surface area contributed by atoms with Gasteiger partial charge in [0.05, 0.1) is 0 Å². The summed E-state index contributed by atoms with van der Waals surface area (Å²) in [4.78, 5) is 14.8. The van der Waals surface area contributed by atoms with E-state index < -0.39 is 0 Å². The van der Waals surface area contributed by atoms with E-state index in [-0.39, 0.29) is 11.7 Å². The van der Waals surface area contributed by atoms with Crippen molar-refractivity contribution >= 4 is 5.91 Å². The van der Waals surface area contributed by atoms with Crippen molar-refractivity contribution in [1.29, 1.82) is 0 Å². The molecule has 0 bridgehead atoms. The van der Waals surface area contributed by atoms with Crippen LogP contribution >= 0.6 is 0 Å². The first kappa shape index (κ1) is 14.6. The van der Waals surface area contributed by atoms with Crippen molar-refractivity contribution in [3.05, 3.63) is 35.1 Å². The molecule has 0 aromatic heterocycles. The topological polar surface area (TPSA) is 20.3 Å². The van der Waals surface area contributed by atoms with E-state index >= 15 is 0 Å². The van der Waals surface area contributed by atoms with Gasteiger partial charge in [0.1, 0.15) is 5.82 Å². The summed E-state index contributed by atoms with van der Waals surface area (Å²) in [6, 6.07) is 5.13. The first-order valence-electron chi connectivity index (χ1n) is 8.24. The Labute approximate surface area is 126 Å². The highest BCUT2D eigenvalue weighted by molar-refractivity contribution is 5.94. The predicted octanol–water partition coefficient (Wildman–Crippen LogP) is 4.32. The fourth-order valence-electron chi connectivity index (χ4n) is 4.00. The minimum Gasteiger partial charge on any atom is -0.335 e. The monoisotopic (exact) mass is 289 g/mol. The van der Waals surface area contributed by atoms with Crippen molar-refractivity contribution in [2.75, 3.05) is 6.54 Å². The second-order valence-electron chi connectivity index (χ2n) is 6.57. The molecule has 0 N–H and O–H groups in total. The number of likely N-dealkylation sites (tertiary alicyclic amines) is 1. The van der Waals surface area contributed by atoms with Crippen LogP contribution in [0, 0.1) is 18.7 Å². The van der Waals surface area contributed by atoms with E-state index in [1.165, 1.54) is 38.2 Å². The number of aryl methyl sites for hydroxylation is 1. The maximum Gasteiger partial charge on any atom is 0.254 e. The highest BCUT2D eigenvalue weighted by Crippen LogP contribution is 2.35. The lowest BCUT2D eigenvalue weighted by Crippen LogP contribution is -2.40. The standard InChI is InChI=1S/C18H24FNO/c1-13-12-15(9-10-16(13)19)18(21)20-11-5-8-17(20)14-6-3-2-4-7-14/h9-10,12,14,17H,2-8,11H2,1H3. The maximum atomic E-state index is 13.4. The van der Waals surface area contributed by atoms with Gasteiger partial charge in [-0.2, -0.15) is 0 Å². The molecule has 114 valence electrons. The van der Waals surface area contributed by atoms with Gasteiger partial charge in [-0.05, 0) is 62.3 Å². The molecule has 1 heterocycles. The van der Waals surface area contributed by atoms with Crippen LogP contribution in [0.5, 0.6) is 0 Å². The normalized spacial score (nSPS) is 23.5. The van der Waals surface area contributed by atoms with Gasteiger partial charge in [-0.25, -0.2) is 4.39 Å². The molecular weight excluding hydrogens is 265 g/mol. The van der Waals surface area contributed by atoms with Crippen LogP contribution in [0.4, 0.5) is 4.39 Å². The van der Waals surface area contributed by atoms with Crippen molar-refractivity contribution < 1.29 is 9.18 Å². The lowest BCUT2D eigenvalue weighted by molar-refractivity contribution is 0.0661. The van der Waals surface area contributed by atoms with E-state index in [2.05, 4.69) is 4.90 Å². The summed E-state index contributed by atoms with van der Waals surface area (Å²) in [5.41, 5.74) is 1.19. The van der Waals surface area contributed by atoms with Gasteiger partial charge < -0.3 is 4.90 Å². The molecular formula is C18H24FNO. The Hall–Kier alpha value is -1.38. The van der Waals surface area contributed by atoms with E-state index in [9.17, 15) is 9.18 Å². The minimum absolute atomic E-state index is 0.0890. The maximum absolute atomic E-state index is 13.4. The highest BCUT2D eigenvalue weighted by atomic mass is 19.1. The molecule has 1 aliphatic heterocycles. The van der Waals surface area contributed by atoms with Gasteiger partial charge >= 0.3 is 0 Å². The predicted molar refractivity (Wildman–Crippen MR) is 81.8 cm³/mol. The van der Waals surface area contributed by atoms with Crippen LogP contribution in [0.25, 0.3) is 0 Å². The Morgan fingerprint density at radius 1 is 1.14 bits per heavy atom. The van der Waals surface area contributed by atoms with Gasteiger partial charge in [0.2, 0.25) is 0 Å². The molecule has 3 rings (SSSR count). The molecule has 2 fully saturated rings. The smallest absolute Gasteiger partial charge is 0.254 e. The number of hydrogen-bond acceptors (Lipinski definition) is 1. The van der Waals surface area contributed by atoms with Crippen molar-refractivity contribution in [2.24, 2.45) is 5.92 Å². The van der Waals surface area contributed by atoms with E-state index in [1.54, 1.807) is 19.1 Å². The summed E-state index contributed by atoms with van der Waals surface area (Å²) in [6.45, 7) is 2.57. The van der Waals surface area contributed by atoms with E-state index in [4.69, 9.17) is 0 Å². The van der Waals surface area contributed by atoms with Crippen LogP contribution in [0.1, 0.15) is 60.9 Å². The third-order valence-corrected chi connectivity index (χ3v) is 5.16. The minimum atomic E-state index is -0.239. The van der Waals surface area contributed by atoms with Gasteiger partial charge in [0.25, 0.3) is 5.91 Å². The summed E-state index contributed by atoms with van der Waals surface area (Å²) in [6.07, 6.45) is 8.71. The Morgan fingerprint density at radius 2 is 1.90 bits per heavy atom. The number of nitrogens with zero attached hydrogens (tertiary/aromatic N) is 1. The van der Waals surface area contributed by atoms with E-state index in [1.807, 2.05) is 0 Å². The Bertz CT molecular complexity index is 522. The molecule has 1 atom stereocenters. The van der Waals surface area contributed by atoms with Crippen LogP contribution in [-0.2, 0) is 0 Å². The van der Waals surface area contributed by atoms with Crippen LogP contribution in [-0.4, -0.2) is 23.4 Å². The Morgan fingerprint density at radius 3 is 2.62 bits per heavy atom. The molecule has 1 aromatic carbocycles. The largest absolute Gasteiger partial charge is 0.335 e. The lowest BCUT2D eigenvalue weighted by Gasteiger charge is -2.34. The molecule has 0 spiro atoms. The van der Waals surface area contributed by atoms with Crippen LogP contribution in [0.3, 0.4) is 0 Å². The van der Waals surface area contributed by atoms with Crippen LogP contribution in [0.15, 0.2) is 18.2 Å². The van der Waals surface area contributed by atoms with Gasteiger partial charge in [-0.1, -0.05) is 19.3 Å². The second kappa shape index (κ2) is 6.17. The molecule has 1 aromatic rings. The molecule has 0 radical (unpaired) electrons. The third-order valence-electron chi connectivity index (χ3n) is 5.16. The molecule has 2 nitrogen and oxygen atoms in total. The molecule has 2 aliphatic rings. The molecule has 1 aliphatic carbocycles. The summed E-state index contributed by atoms with van der Waals surface area (Å²) < 4.78 is 13.4.